The molecule has 0 N–H and O–H groups in total. The minimum atomic E-state index is -4.59. The van der Waals surface area contributed by atoms with Gasteiger partial charge in [-0.25, -0.2) is 18.2 Å². The van der Waals surface area contributed by atoms with E-state index in [-0.39, 0.29) is 45.9 Å². The molecular formula is C23H27F3N6O4S. The van der Waals surface area contributed by atoms with Gasteiger partial charge in [-0.1, -0.05) is 6.92 Å². The van der Waals surface area contributed by atoms with E-state index in [1.165, 1.54) is 35.7 Å². The highest BCUT2D eigenvalue weighted by atomic mass is 32.2. The molecule has 0 bridgehead atoms. The standard InChI is InChI=1S/C23H27F3N6O4S/c1-7-32(21(33)36-22(3,4)5)15-12-17(37(34,35)8-2)18(28-13-15)20-30-29-19(31(20)6)16-11-14(9-10-27-16)23(24,25)26/h9-13H,7-8H2,1-6H3. The lowest BCUT2D eigenvalue weighted by molar-refractivity contribution is -0.137. The molecule has 10 nitrogen and oxygen atoms in total. The number of pyridine rings is 2. The molecule has 0 atom stereocenters. The van der Waals surface area contributed by atoms with Crippen LogP contribution in [0.1, 0.15) is 40.2 Å². The monoisotopic (exact) mass is 540 g/mol. The van der Waals surface area contributed by atoms with Crippen molar-refractivity contribution in [3.63, 3.8) is 0 Å². The van der Waals surface area contributed by atoms with E-state index in [1.807, 2.05) is 0 Å². The maximum absolute atomic E-state index is 13.2. The van der Waals surface area contributed by atoms with Crippen LogP contribution in [0.15, 0.2) is 35.5 Å². The number of carbonyl (C=O) groups is 1. The van der Waals surface area contributed by atoms with E-state index in [4.69, 9.17) is 4.74 Å². The first kappa shape index (κ1) is 28.0. The highest BCUT2D eigenvalue weighted by Crippen LogP contribution is 2.33. The molecule has 0 aromatic carbocycles. The van der Waals surface area contributed by atoms with Crippen LogP contribution >= 0.6 is 0 Å². The lowest BCUT2D eigenvalue weighted by Crippen LogP contribution is -2.37. The number of hydrogen-bond acceptors (Lipinski definition) is 8. The molecule has 0 radical (unpaired) electrons. The van der Waals surface area contributed by atoms with Crippen LogP contribution < -0.4 is 4.90 Å². The van der Waals surface area contributed by atoms with Crippen molar-refractivity contribution >= 4 is 21.6 Å². The van der Waals surface area contributed by atoms with E-state index in [9.17, 15) is 26.4 Å². The molecule has 0 aliphatic carbocycles. The molecule has 0 aliphatic heterocycles. The molecule has 14 heteroatoms. The minimum Gasteiger partial charge on any atom is -0.443 e. The average molecular weight is 541 g/mol. The molecule has 3 aromatic rings. The predicted molar refractivity (Wildman–Crippen MR) is 129 cm³/mol. The SMILES string of the molecule is CCN(C(=O)OC(C)(C)C)c1cnc(-c2nnc(-c3cc(C(F)(F)F)ccn3)n2C)c(S(=O)(=O)CC)c1. The smallest absolute Gasteiger partial charge is 0.416 e. The van der Waals surface area contributed by atoms with Crippen molar-refractivity contribution in [3.8, 4) is 23.0 Å². The summed E-state index contributed by atoms with van der Waals surface area (Å²) in [6.07, 6.45) is -2.96. The Hall–Kier alpha value is -3.55. The summed E-state index contributed by atoms with van der Waals surface area (Å²) in [6.45, 7) is 8.44. The zero-order valence-electron chi connectivity index (χ0n) is 21.2. The third-order valence-electron chi connectivity index (χ3n) is 5.20. The summed E-state index contributed by atoms with van der Waals surface area (Å²) in [4.78, 5) is 22.0. The van der Waals surface area contributed by atoms with Gasteiger partial charge in [0, 0.05) is 19.8 Å². The average Bonchev–Trinajstić information content (AvgIpc) is 3.19. The summed E-state index contributed by atoms with van der Waals surface area (Å²) in [5, 5.41) is 7.94. The van der Waals surface area contributed by atoms with Gasteiger partial charge in [-0.15, -0.1) is 10.2 Å². The van der Waals surface area contributed by atoms with E-state index >= 15 is 0 Å². The number of rotatable bonds is 6. The number of hydrogen-bond donors (Lipinski definition) is 0. The topological polar surface area (TPSA) is 120 Å². The molecule has 0 fully saturated rings. The van der Waals surface area contributed by atoms with Crippen LogP contribution in [-0.4, -0.2) is 57.1 Å². The highest BCUT2D eigenvalue weighted by molar-refractivity contribution is 7.91. The number of carbonyl (C=O) groups excluding carboxylic acids is 1. The second kappa shape index (κ2) is 10.1. The van der Waals surface area contributed by atoms with Crippen LogP contribution in [0.4, 0.5) is 23.7 Å². The Morgan fingerprint density at radius 2 is 1.73 bits per heavy atom. The Bertz CT molecular complexity index is 1410. The molecule has 1 amide bonds. The fourth-order valence-corrected chi connectivity index (χ4v) is 4.41. The maximum atomic E-state index is 13.2. The first-order valence-electron chi connectivity index (χ1n) is 11.3. The third kappa shape index (κ3) is 6.06. The number of amides is 1. The molecule has 0 spiro atoms. The van der Waals surface area contributed by atoms with Gasteiger partial charge in [0.05, 0.1) is 28.1 Å². The van der Waals surface area contributed by atoms with Crippen LogP contribution in [0.2, 0.25) is 0 Å². The van der Waals surface area contributed by atoms with E-state index in [2.05, 4.69) is 20.2 Å². The second-order valence-corrected chi connectivity index (χ2v) is 11.2. The van der Waals surface area contributed by atoms with E-state index in [0.29, 0.717) is 0 Å². The van der Waals surface area contributed by atoms with Gasteiger partial charge in [-0.05, 0) is 45.9 Å². The van der Waals surface area contributed by atoms with E-state index in [1.54, 1.807) is 27.7 Å². The molecule has 3 rings (SSSR count). The van der Waals surface area contributed by atoms with Crippen LogP contribution in [0.5, 0.6) is 0 Å². The first-order valence-corrected chi connectivity index (χ1v) is 12.9. The highest BCUT2D eigenvalue weighted by Gasteiger charge is 2.32. The van der Waals surface area contributed by atoms with Crippen molar-refractivity contribution in [2.75, 3.05) is 17.2 Å². The zero-order chi connectivity index (χ0) is 27.8. The van der Waals surface area contributed by atoms with Gasteiger partial charge in [0.15, 0.2) is 21.5 Å². The summed E-state index contributed by atoms with van der Waals surface area (Å²) in [7, 11) is -2.43. The van der Waals surface area contributed by atoms with E-state index in [0.717, 1.165) is 18.3 Å². The third-order valence-corrected chi connectivity index (χ3v) is 6.94. The Morgan fingerprint density at radius 1 is 1.08 bits per heavy atom. The van der Waals surface area contributed by atoms with Crippen molar-refractivity contribution in [2.24, 2.45) is 7.05 Å². The quantitative estimate of drug-likeness (QED) is 0.448. The molecule has 200 valence electrons. The van der Waals surface area contributed by atoms with Crippen molar-refractivity contribution in [2.45, 2.75) is 51.3 Å². The van der Waals surface area contributed by atoms with Crippen molar-refractivity contribution in [1.29, 1.82) is 0 Å². The number of nitrogens with zero attached hydrogens (tertiary/aromatic N) is 6. The van der Waals surface area contributed by atoms with Gasteiger partial charge in [0.2, 0.25) is 0 Å². The fourth-order valence-electron chi connectivity index (χ4n) is 3.36. The summed E-state index contributed by atoms with van der Waals surface area (Å²) in [5.41, 5.74) is -1.67. The van der Waals surface area contributed by atoms with Crippen LogP contribution in [0.3, 0.4) is 0 Å². The van der Waals surface area contributed by atoms with Gasteiger partial charge in [0.1, 0.15) is 17.0 Å². The second-order valence-electron chi connectivity index (χ2n) is 9.00. The summed E-state index contributed by atoms with van der Waals surface area (Å²) >= 11 is 0. The molecular weight excluding hydrogens is 513 g/mol. The maximum Gasteiger partial charge on any atom is 0.416 e. The summed E-state index contributed by atoms with van der Waals surface area (Å²) in [5.74, 6) is -0.298. The molecule has 37 heavy (non-hydrogen) atoms. The van der Waals surface area contributed by atoms with E-state index < -0.39 is 33.3 Å². The van der Waals surface area contributed by atoms with Crippen molar-refractivity contribution in [1.82, 2.24) is 24.7 Å². The van der Waals surface area contributed by atoms with Crippen LogP contribution in [0, 0.1) is 0 Å². The van der Waals surface area contributed by atoms with Gasteiger partial charge in [0.25, 0.3) is 0 Å². The molecule has 3 heterocycles. The lowest BCUT2D eigenvalue weighted by atomic mass is 10.2. The van der Waals surface area contributed by atoms with Gasteiger partial charge in [-0.3, -0.25) is 9.88 Å². The Kier molecular flexibility index (Phi) is 7.63. The molecule has 0 saturated carbocycles. The van der Waals surface area contributed by atoms with Gasteiger partial charge >= 0.3 is 12.3 Å². The number of sulfone groups is 1. The largest absolute Gasteiger partial charge is 0.443 e. The van der Waals surface area contributed by atoms with Crippen LogP contribution in [0.25, 0.3) is 23.0 Å². The summed E-state index contributed by atoms with van der Waals surface area (Å²) in [6, 6.07) is 2.95. The molecule has 0 unspecified atom stereocenters. The predicted octanol–water partition coefficient (Wildman–Crippen LogP) is 4.51. The number of alkyl halides is 3. The van der Waals surface area contributed by atoms with Crippen molar-refractivity contribution in [3.05, 3.63) is 36.2 Å². The first-order chi connectivity index (χ1) is 17.1. The van der Waals surface area contributed by atoms with Crippen LogP contribution in [-0.2, 0) is 27.8 Å². The molecule has 3 aromatic heterocycles. The summed E-state index contributed by atoms with van der Waals surface area (Å²) < 4.78 is 72.3. The number of anilines is 1. The number of halogens is 3. The number of ether oxygens (including phenoxy) is 1. The molecule has 0 saturated heterocycles. The molecule has 0 aliphatic rings. The fraction of sp³-hybridized carbons (Fsp3) is 0.435. The normalized spacial score (nSPS) is 12.5. The van der Waals surface area contributed by atoms with Crippen molar-refractivity contribution < 1.29 is 31.1 Å². The zero-order valence-corrected chi connectivity index (χ0v) is 22.0. The minimum absolute atomic E-state index is 0.00639. The number of aromatic nitrogens is 5. The van der Waals surface area contributed by atoms with Gasteiger partial charge in [-0.2, -0.15) is 13.2 Å². The van der Waals surface area contributed by atoms with Gasteiger partial charge < -0.3 is 9.30 Å². The Balaban J connectivity index is 2.14. The Morgan fingerprint density at radius 3 is 2.30 bits per heavy atom. The lowest BCUT2D eigenvalue weighted by Gasteiger charge is -2.26. The Labute approximate surface area is 212 Å².